The number of ether oxygens (including phenoxy) is 2. The summed E-state index contributed by atoms with van der Waals surface area (Å²) in [5.74, 6) is 0.219. The van der Waals surface area contributed by atoms with Crippen LogP contribution in [0.4, 0.5) is 0 Å². The molecule has 0 atom stereocenters. The number of benzene rings is 3. The quantitative estimate of drug-likeness (QED) is 0.390. The van der Waals surface area contributed by atoms with Crippen LogP contribution < -0.4 is 9.47 Å². The second-order valence-corrected chi connectivity index (χ2v) is 6.84. The number of rotatable bonds is 8. The van der Waals surface area contributed by atoms with Crippen LogP contribution >= 0.6 is 0 Å². The molecule has 0 aliphatic rings. The second kappa shape index (κ2) is 10.1. The van der Waals surface area contributed by atoms with E-state index in [-0.39, 0.29) is 23.1 Å². The number of carbonyl (C=O) groups excluding carboxylic acids is 2. The van der Waals surface area contributed by atoms with Gasteiger partial charge in [-0.3, -0.25) is 9.59 Å². The Morgan fingerprint density at radius 2 is 1.03 bits per heavy atom. The number of methoxy groups -OCH3 is 2. The molecule has 0 aromatic heterocycles. The number of phenols is 2. The Kier molecular flexibility index (Phi) is 7.08. The van der Waals surface area contributed by atoms with Gasteiger partial charge in [-0.15, -0.1) is 0 Å². The Morgan fingerprint density at radius 1 is 0.656 bits per heavy atom. The normalized spacial score (nSPS) is 11.1. The SMILES string of the molecule is COc1ccc(C=CC(=O)c2ccc(C(=O)C=Cc3ccc(OC)c(O)c3)cc2)cc1O. The van der Waals surface area contributed by atoms with E-state index in [1.807, 2.05) is 0 Å². The second-order valence-electron chi connectivity index (χ2n) is 6.84. The van der Waals surface area contributed by atoms with Gasteiger partial charge < -0.3 is 19.7 Å². The molecule has 6 nitrogen and oxygen atoms in total. The van der Waals surface area contributed by atoms with E-state index in [1.165, 1.54) is 38.5 Å². The van der Waals surface area contributed by atoms with Crippen molar-refractivity contribution in [3.8, 4) is 23.0 Å². The molecule has 32 heavy (non-hydrogen) atoms. The van der Waals surface area contributed by atoms with Gasteiger partial charge in [0, 0.05) is 11.1 Å². The van der Waals surface area contributed by atoms with Gasteiger partial charge in [-0.2, -0.15) is 0 Å². The van der Waals surface area contributed by atoms with Gasteiger partial charge in [0.05, 0.1) is 14.2 Å². The summed E-state index contributed by atoms with van der Waals surface area (Å²) in [6, 6.07) is 16.0. The van der Waals surface area contributed by atoms with Gasteiger partial charge in [0.25, 0.3) is 0 Å². The van der Waals surface area contributed by atoms with Gasteiger partial charge >= 0.3 is 0 Å². The van der Waals surface area contributed by atoms with Crippen LogP contribution in [0.2, 0.25) is 0 Å². The van der Waals surface area contributed by atoms with Crippen LogP contribution in [0, 0.1) is 0 Å². The molecule has 162 valence electrons. The summed E-state index contributed by atoms with van der Waals surface area (Å²) in [6.07, 6.45) is 5.98. The summed E-state index contributed by atoms with van der Waals surface area (Å²) < 4.78 is 9.99. The third-order valence-electron chi connectivity index (χ3n) is 4.71. The van der Waals surface area contributed by atoms with Gasteiger partial charge in [-0.25, -0.2) is 0 Å². The van der Waals surface area contributed by atoms with E-state index in [0.29, 0.717) is 33.8 Å². The Labute approximate surface area is 185 Å². The molecular weight excluding hydrogens is 408 g/mol. The summed E-state index contributed by atoms with van der Waals surface area (Å²) in [7, 11) is 2.92. The van der Waals surface area contributed by atoms with E-state index >= 15 is 0 Å². The topological polar surface area (TPSA) is 93.1 Å². The molecule has 0 saturated heterocycles. The number of allylic oxidation sites excluding steroid dienone is 2. The molecule has 0 fully saturated rings. The highest BCUT2D eigenvalue weighted by atomic mass is 16.5. The molecule has 0 aliphatic heterocycles. The fourth-order valence-corrected chi connectivity index (χ4v) is 2.96. The zero-order valence-electron chi connectivity index (χ0n) is 17.6. The molecule has 0 radical (unpaired) electrons. The summed E-state index contributed by atoms with van der Waals surface area (Å²) in [5, 5.41) is 19.6. The Bertz CT molecular complexity index is 1090. The average molecular weight is 430 g/mol. The molecule has 3 aromatic rings. The van der Waals surface area contributed by atoms with Gasteiger partial charge in [0.15, 0.2) is 34.6 Å². The zero-order chi connectivity index (χ0) is 23.1. The third kappa shape index (κ3) is 5.43. The van der Waals surface area contributed by atoms with Crippen LogP contribution in [-0.2, 0) is 0 Å². The number of phenolic OH excluding ortho intramolecular Hbond substituents is 2. The molecule has 0 aliphatic carbocycles. The Morgan fingerprint density at radius 3 is 1.34 bits per heavy atom. The third-order valence-corrected chi connectivity index (χ3v) is 4.71. The number of hydrogen-bond acceptors (Lipinski definition) is 6. The van der Waals surface area contributed by atoms with Crippen LogP contribution in [0.15, 0.2) is 72.8 Å². The van der Waals surface area contributed by atoms with Gasteiger partial charge in [-0.05, 0) is 47.5 Å². The molecule has 0 amide bonds. The largest absolute Gasteiger partial charge is 0.504 e. The highest BCUT2D eigenvalue weighted by molar-refractivity contribution is 6.09. The minimum Gasteiger partial charge on any atom is -0.504 e. The van der Waals surface area contributed by atoms with Crippen LogP contribution in [0.5, 0.6) is 23.0 Å². The number of ketones is 2. The van der Waals surface area contributed by atoms with E-state index in [9.17, 15) is 19.8 Å². The van der Waals surface area contributed by atoms with Gasteiger partial charge in [0.1, 0.15) is 0 Å². The van der Waals surface area contributed by atoms with E-state index in [2.05, 4.69) is 0 Å². The highest BCUT2D eigenvalue weighted by Crippen LogP contribution is 2.27. The van der Waals surface area contributed by atoms with Crippen molar-refractivity contribution in [2.75, 3.05) is 14.2 Å². The van der Waals surface area contributed by atoms with Crippen LogP contribution in [-0.4, -0.2) is 36.0 Å². The summed E-state index contributed by atoms with van der Waals surface area (Å²) in [4.78, 5) is 24.8. The van der Waals surface area contributed by atoms with Crippen molar-refractivity contribution in [1.82, 2.24) is 0 Å². The van der Waals surface area contributed by atoms with Crippen molar-refractivity contribution in [2.24, 2.45) is 0 Å². The zero-order valence-corrected chi connectivity index (χ0v) is 17.6. The standard InChI is InChI=1S/C26H22O6/c1-31-25-13-5-17(15-23(25)29)3-11-21(27)19-7-9-20(10-8-19)22(28)12-4-18-6-14-26(32-2)24(30)16-18/h3-16,29-30H,1-2H3. The molecule has 0 unspecified atom stereocenters. The van der Waals surface area contributed by atoms with Gasteiger partial charge in [0.2, 0.25) is 0 Å². The van der Waals surface area contributed by atoms with Crippen molar-refractivity contribution in [2.45, 2.75) is 0 Å². The highest BCUT2D eigenvalue weighted by Gasteiger charge is 2.07. The molecule has 6 heteroatoms. The first kappa shape index (κ1) is 22.4. The maximum Gasteiger partial charge on any atom is 0.185 e. The fourth-order valence-electron chi connectivity index (χ4n) is 2.96. The van der Waals surface area contributed by atoms with E-state index in [1.54, 1.807) is 60.7 Å². The minimum atomic E-state index is -0.233. The van der Waals surface area contributed by atoms with E-state index in [0.717, 1.165) is 0 Å². The number of hydrogen-bond donors (Lipinski definition) is 2. The lowest BCUT2D eigenvalue weighted by atomic mass is 10.0. The van der Waals surface area contributed by atoms with Crippen molar-refractivity contribution in [3.05, 3.63) is 95.1 Å². The summed E-state index contributed by atoms with van der Waals surface area (Å²) in [6.45, 7) is 0. The predicted molar refractivity (Wildman–Crippen MR) is 122 cm³/mol. The van der Waals surface area contributed by atoms with E-state index in [4.69, 9.17) is 9.47 Å². The summed E-state index contributed by atoms with van der Waals surface area (Å²) in [5.41, 5.74) is 2.16. The van der Waals surface area contributed by atoms with Crippen LogP contribution in [0.1, 0.15) is 31.8 Å². The minimum absolute atomic E-state index is 0.0112. The lowest BCUT2D eigenvalue weighted by Crippen LogP contribution is -1.98. The lowest BCUT2D eigenvalue weighted by molar-refractivity contribution is 0.103. The molecule has 2 N–H and O–H groups in total. The van der Waals surface area contributed by atoms with E-state index < -0.39 is 0 Å². The van der Waals surface area contributed by atoms with Crippen LogP contribution in [0.3, 0.4) is 0 Å². The average Bonchev–Trinajstić information content (AvgIpc) is 2.81. The fraction of sp³-hybridized carbons (Fsp3) is 0.0769. The van der Waals surface area contributed by atoms with Crippen molar-refractivity contribution >= 4 is 23.7 Å². The maximum absolute atomic E-state index is 12.4. The first-order valence-corrected chi connectivity index (χ1v) is 9.70. The Balaban J connectivity index is 1.66. The van der Waals surface area contributed by atoms with Crippen molar-refractivity contribution in [1.29, 1.82) is 0 Å². The number of carbonyl (C=O) groups is 2. The van der Waals surface area contributed by atoms with Gasteiger partial charge in [-0.1, -0.05) is 48.6 Å². The van der Waals surface area contributed by atoms with Crippen molar-refractivity contribution in [3.63, 3.8) is 0 Å². The molecule has 3 rings (SSSR count). The molecule has 0 saturated carbocycles. The Hall–Kier alpha value is -4.32. The lowest BCUT2D eigenvalue weighted by Gasteiger charge is -2.03. The molecule has 0 heterocycles. The molecular formula is C26H22O6. The van der Waals surface area contributed by atoms with Crippen LogP contribution in [0.25, 0.3) is 12.2 Å². The summed E-state index contributed by atoms with van der Waals surface area (Å²) >= 11 is 0. The molecule has 3 aromatic carbocycles. The first-order chi connectivity index (χ1) is 15.4. The predicted octanol–water partition coefficient (Wildman–Crippen LogP) is 4.91. The van der Waals surface area contributed by atoms with Crippen molar-refractivity contribution < 1.29 is 29.3 Å². The first-order valence-electron chi connectivity index (χ1n) is 9.70. The molecule has 0 spiro atoms. The molecule has 0 bridgehead atoms. The smallest absolute Gasteiger partial charge is 0.185 e. The number of aromatic hydroxyl groups is 2. The monoisotopic (exact) mass is 430 g/mol. The maximum atomic E-state index is 12.4.